The van der Waals surface area contributed by atoms with E-state index in [1.54, 1.807) is 7.11 Å². The van der Waals surface area contributed by atoms with E-state index in [0.29, 0.717) is 0 Å². The lowest BCUT2D eigenvalue weighted by Crippen LogP contribution is -2.00. The Bertz CT molecular complexity index is 620. The number of aryl methyl sites for hydroxylation is 2. The minimum atomic E-state index is 0.899. The maximum Gasteiger partial charge on any atom is 0.119 e. The zero-order valence-electron chi connectivity index (χ0n) is 11.1. The number of nitrogens with one attached hydrogen (secondary N) is 1. The Morgan fingerprint density at radius 2 is 2.11 bits per heavy atom. The molecule has 0 unspecified atom stereocenters. The third-order valence-electron chi connectivity index (χ3n) is 3.77. The first-order valence-corrected chi connectivity index (χ1v) is 6.42. The average molecular weight is 242 g/mol. The molecule has 0 spiro atoms. The first-order chi connectivity index (χ1) is 8.74. The monoisotopic (exact) mass is 242 g/mol. The average Bonchev–Trinajstić information content (AvgIpc) is 2.84. The van der Waals surface area contributed by atoms with Crippen molar-refractivity contribution in [1.29, 1.82) is 0 Å². The molecule has 3 nitrogen and oxygen atoms in total. The molecule has 1 heterocycles. The largest absolute Gasteiger partial charge is 0.497 e. The molecule has 0 amide bonds. The molecule has 0 radical (unpaired) electrons. The molecule has 0 saturated heterocycles. The van der Waals surface area contributed by atoms with Crippen LogP contribution in [0.5, 0.6) is 5.75 Å². The second-order valence-corrected chi connectivity index (χ2v) is 4.86. The van der Waals surface area contributed by atoms with E-state index in [1.807, 2.05) is 7.05 Å². The molecule has 0 fully saturated rings. The molecule has 0 bridgehead atoms. The summed E-state index contributed by atoms with van der Waals surface area (Å²) in [5, 5.41) is 4.53. The molecule has 94 valence electrons. The Hall–Kier alpha value is -1.77. The highest BCUT2D eigenvalue weighted by Gasteiger charge is 2.20. The fourth-order valence-electron chi connectivity index (χ4n) is 2.91. The number of methoxy groups -OCH3 is 1. The highest BCUT2D eigenvalue weighted by atomic mass is 16.5. The minimum Gasteiger partial charge on any atom is -0.497 e. The number of fused-ring (bicyclic) bond motifs is 2. The highest BCUT2D eigenvalue weighted by molar-refractivity contribution is 5.96. The van der Waals surface area contributed by atoms with E-state index in [2.05, 4.69) is 24.4 Å². The molecule has 2 aromatic rings. The Morgan fingerprint density at radius 3 is 2.83 bits per heavy atom. The van der Waals surface area contributed by atoms with Gasteiger partial charge in [-0.1, -0.05) is 0 Å². The van der Waals surface area contributed by atoms with Crippen molar-refractivity contribution in [1.82, 2.24) is 4.98 Å². The summed E-state index contributed by atoms with van der Waals surface area (Å²) in [6.45, 7) is 2.10. The summed E-state index contributed by atoms with van der Waals surface area (Å²) in [7, 11) is 3.70. The van der Waals surface area contributed by atoms with Crippen molar-refractivity contribution in [3.8, 4) is 5.75 Å². The van der Waals surface area contributed by atoms with Crippen LogP contribution in [-0.2, 0) is 12.8 Å². The van der Waals surface area contributed by atoms with Crippen LogP contribution in [0.1, 0.15) is 23.2 Å². The molecule has 0 saturated carbocycles. The van der Waals surface area contributed by atoms with Gasteiger partial charge in [-0.05, 0) is 49.4 Å². The topological polar surface area (TPSA) is 34.2 Å². The maximum absolute atomic E-state index is 5.37. The lowest BCUT2D eigenvalue weighted by Gasteiger charge is -2.14. The maximum atomic E-state index is 5.37. The Balaban J connectivity index is 2.39. The van der Waals surface area contributed by atoms with Crippen molar-refractivity contribution in [3.05, 3.63) is 29.0 Å². The molecule has 0 atom stereocenters. The zero-order valence-corrected chi connectivity index (χ0v) is 11.1. The third kappa shape index (κ3) is 1.54. The zero-order chi connectivity index (χ0) is 12.7. The normalized spacial score (nSPS) is 13.7. The van der Waals surface area contributed by atoms with Crippen molar-refractivity contribution < 1.29 is 4.74 Å². The molecule has 1 aromatic heterocycles. The van der Waals surface area contributed by atoms with E-state index in [-0.39, 0.29) is 0 Å². The van der Waals surface area contributed by atoms with Crippen LogP contribution < -0.4 is 10.1 Å². The predicted octanol–water partition coefficient (Wildman–Crippen LogP) is 3.08. The molecule has 18 heavy (non-hydrogen) atoms. The Labute approximate surface area is 107 Å². The van der Waals surface area contributed by atoms with Crippen LogP contribution in [0.3, 0.4) is 0 Å². The molecule has 1 aromatic carbocycles. The second-order valence-electron chi connectivity index (χ2n) is 4.86. The number of rotatable bonds is 2. The third-order valence-corrected chi connectivity index (χ3v) is 3.77. The van der Waals surface area contributed by atoms with Crippen LogP contribution in [0.25, 0.3) is 10.9 Å². The van der Waals surface area contributed by atoms with Crippen LogP contribution in [-0.4, -0.2) is 19.1 Å². The van der Waals surface area contributed by atoms with Gasteiger partial charge in [-0.15, -0.1) is 0 Å². The predicted molar refractivity (Wildman–Crippen MR) is 74.6 cm³/mol. The minimum absolute atomic E-state index is 0.899. The van der Waals surface area contributed by atoms with Gasteiger partial charge in [0.1, 0.15) is 5.75 Å². The van der Waals surface area contributed by atoms with Gasteiger partial charge in [-0.25, -0.2) is 0 Å². The van der Waals surface area contributed by atoms with Crippen molar-refractivity contribution >= 4 is 16.6 Å². The van der Waals surface area contributed by atoms with Crippen LogP contribution in [0.2, 0.25) is 0 Å². The van der Waals surface area contributed by atoms with Gasteiger partial charge in [0.05, 0.1) is 12.6 Å². The lowest BCUT2D eigenvalue weighted by atomic mass is 10.0. The summed E-state index contributed by atoms with van der Waals surface area (Å²) in [5.74, 6) is 0.899. The van der Waals surface area contributed by atoms with Gasteiger partial charge in [0, 0.05) is 23.8 Å². The molecule has 0 aliphatic heterocycles. The van der Waals surface area contributed by atoms with E-state index in [9.17, 15) is 0 Å². The van der Waals surface area contributed by atoms with E-state index in [1.165, 1.54) is 34.3 Å². The first-order valence-electron chi connectivity index (χ1n) is 6.42. The Kier molecular flexibility index (Phi) is 2.62. The molecule has 3 heteroatoms. The number of benzene rings is 1. The molecular weight excluding hydrogens is 224 g/mol. The summed E-state index contributed by atoms with van der Waals surface area (Å²) in [6.07, 6.45) is 3.44. The van der Waals surface area contributed by atoms with Gasteiger partial charge in [0.25, 0.3) is 0 Å². The van der Waals surface area contributed by atoms with Gasteiger partial charge >= 0.3 is 0 Å². The van der Waals surface area contributed by atoms with E-state index in [4.69, 9.17) is 9.72 Å². The van der Waals surface area contributed by atoms with Crippen LogP contribution in [0.4, 0.5) is 5.69 Å². The van der Waals surface area contributed by atoms with Gasteiger partial charge in [-0.3, -0.25) is 4.98 Å². The van der Waals surface area contributed by atoms with Crippen LogP contribution >= 0.6 is 0 Å². The van der Waals surface area contributed by atoms with Crippen molar-refractivity contribution in [3.63, 3.8) is 0 Å². The molecule has 1 N–H and O–H groups in total. The summed E-state index contributed by atoms with van der Waals surface area (Å²) in [6, 6.07) is 4.13. The molecular formula is C15H18N2O. The van der Waals surface area contributed by atoms with Crippen molar-refractivity contribution in [2.24, 2.45) is 0 Å². The summed E-state index contributed by atoms with van der Waals surface area (Å²) < 4.78 is 5.37. The highest BCUT2D eigenvalue weighted by Crippen LogP contribution is 2.36. The van der Waals surface area contributed by atoms with Gasteiger partial charge in [0.2, 0.25) is 0 Å². The van der Waals surface area contributed by atoms with Gasteiger partial charge in [0.15, 0.2) is 0 Å². The smallest absolute Gasteiger partial charge is 0.119 e. The van der Waals surface area contributed by atoms with E-state index < -0.39 is 0 Å². The second kappa shape index (κ2) is 4.16. The van der Waals surface area contributed by atoms with Crippen LogP contribution in [0, 0.1) is 6.92 Å². The van der Waals surface area contributed by atoms with E-state index >= 15 is 0 Å². The molecule has 3 rings (SSSR count). The van der Waals surface area contributed by atoms with Crippen molar-refractivity contribution in [2.45, 2.75) is 26.2 Å². The SMILES string of the molecule is CNc1c2c(nc3c(C)cc(OC)cc13)CCC2. The summed E-state index contributed by atoms with van der Waals surface area (Å²) in [5.41, 5.74) is 6.16. The summed E-state index contributed by atoms with van der Waals surface area (Å²) in [4.78, 5) is 4.84. The van der Waals surface area contributed by atoms with Crippen molar-refractivity contribution in [2.75, 3.05) is 19.5 Å². The number of nitrogens with zero attached hydrogens (tertiary/aromatic N) is 1. The fourth-order valence-corrected chi connectivity index (χ4v) is 2.91. The standard InChI is InChI=1S/C15H18N2O/c1-9-7-10(18-3)8-12-14(9)17-13-6-4-5-11(13)15(12)16-2/h7-8H,4-6H2,1-3H3,(H,16,17). The first kappa shape index (κ1) is 11.3. The number of aromatic nitrogens is 1. The number of ether oxygens (including phenoxy) is 1. The summed E-state index contributed by atoms with van der Waals surface area (Å²) >= 11 is 0. The number of pyridine rings is 1. The quantitative estimate of drug-likeness (QED) is 0.878. The van der Waals surface area contributed by atoms with E-state index in [0.717, 1.165) is 24.1 Å². The number of hydrogen-bond acceptors (Lipinski definition) is 3. The molecule has 1 aliphatic carbocycles. The van der Waals surface area contributed by atoms with Gasteiger partial charge < -0.3 is 10.1 Å². The molecule has 1 aliphatic rings. The van der Waals surface area contributed by atoms with Gasteiger partial charge in [-0.2, -0.15) is 0 Å². The van der Waals surface area contributed by atoms with Crippen LogP contribution in [0.15, 0.2) is 12.1 Å². The lowest BCUT2D eigenvalue weighted by molar-refractivity contribution is 0.415. The number of anilines is 1. The number of hydrogen-bond donors (Lipinski definition) is 1. The fraction of sp³-hybridized carbons (Fsp3) is 0.400. The Morgan fingerprint density at radius 1 is 1.28 bits per heavy atom.